The number of nitrogens with zero attached hydrogens (tertiary/aromatic N) is 5. The van der Waals surface area contributed by atoms with E-state index in [1.807, 2.05) is 6.92 Å². The summed E-state index contributed by atoms with van der Waals surface area (Å²) >= 11 is 0. The molecule has 0 spiro atoms. The van der Waals surface area contributed by atoms with Crippen LogP contribution in [0.5, 0.6) is 0 Å². The summed E-state index contributed by atoms with van der Waals surface area (Å²) < 4.78 is 39.1. The fourth-order valence-corrected chi connectivity index (χ4v) is 2.45. The van der Waals surface area contributed by atoms with Crippen LogP contribution in [0.4, 0.5) is 25.1 Å². The van der Waals surface area contributed by atoms with Gasteiger partial charge in [-0.15, -0.1) is 0 Å². The third-order valence-electron chi connectivity index (χ3n) is 4.42. The smallest absolute Gasteiger partial charge is 0.389 e. The molecule has 1 aliphatic carbocycles. The summed E-state index contributed by atoms with van der Waals surface area (Å²) in [6.45, 7) is 3.56. The maximum Gasteiger partial charge on any atom is 0.408 e. The Hall–Kier alpha value is -1.90. The standard InChI is InChI=1S/C16H24F3N5O/c1-5-23(3)14-20-13(11-7-6-8-12(25)9-11)21-15(22-14)24(4)10(2)16(17,18)19/h9-10,12,25H,5-8H2,1-4H3/t10-,12-/m1/s1. The van der Waals surface area contributed by atoms with Crippen molar-refractivity contribution in [2.45, 2.75) is 51.4 Å². The summed E-state index contributed by atoms with van der Waals surface area (Å²) in [5, 5.41) is 9.82. The van der Waals surface area contributed by atoms with Gasteiger partial charge in [0.1, 0.15) is 6.04 Å². The fraction of sp³-hybridized carbons (Fsp3) is 0.688. The lowest BCUT2D eigenvalue weighted by atomic mass is 9.97. The van der Waals surface area contributed by atoms with Crippen LogP contribution >= 0.6 is 0 Å². The minimum Gasteiger partial charge on any atom is -0.389 e. The van der Waals surface area contributed by atoms with Crippen LogP contribution in [0, 0.1) is 0 Å². The number of aromatic nitrogens is 3. The number of anilines is 2. The Morgan fingerprint density at radius 3 is 2.44 bits per heavy atom. The molecule has 0 aliphatic heterocycles. The number of halogens is 3. The fourth-order valence-electron chi connectivity index (χ4n) is 2.45. The van der Waals surface area contributed by atoms with E-state index in [-0.39, 0.29) is 5.95 Å². The summed E-state index contributed by atoms with van der Waals surface area (Å²) in [5.74, 6) is 0.594. The molecule has 25 heavy (non-hydrogen) atoms. The zero-order valence-corrected chi connectivity index (χ0v) is 14.9. The highest BCUT2D eigenvalue weighted by Crippen LogP contribution is 2.29. The second-order valence-corrected chi connectivity index (χ2v) is 6.25. The maximum atomic E-state index is 13.0. The summed E-state index contributed by atoms with van der Waals surface area (Å²) in [6.07, 6.45) is -1.18. The van der Waals surface area contributed by atoms with E-state index in [0.29, 0.717) is 31.2 Å². The van der Waals surface area contributed by atoms with Crippen molar-refractivity contribution in [3.63, 3.8) is 0 Å². The first-order valence-electron chi connectivity index (χ1n) is 8.29. The van der Waals surface area contributed by atoms with Crippen molar-refractivity contribution in [1.82, 2.24) is 15.0 Å². The van der Waals surface area contributed by atoms with Gasteiger partial charge in [-0.05, 0) is 44.8 Å². The van der Waals surface area contributed by atoms with Crippen molar-refractivity contribution in [3.05, 3.63) is 11.9 Å². The van der Waals surface area contributed by atoms with Gasteiger partial charge in [0.25, 0.3) is 0 Å². The van der Waals surface area contributed by atoms with Crippen LogP contribution in [0.25, 0.3) is 5.57 Å². The molecule has 1 N–H and O–H groups in total. The molecule has 1 aromatic heterocycles. The number of allylic oxidation sites excluding steroid dienone is 1. The van der Waals surface area contributed by atoms with E-state index in [9.17, 15) is 18.3 Å². The molecule has 0 aromatic carbocycles. The van der Waals surface area contributed by atoms with Gasteiger partial charge in [0.05, 0.1) is 6.10 Å². The summed E-state index contributed by atoms with van der Waals surface area (Å²) in [4.78, 5) is 15.6. The van der Waals surface area contributed by atoms with E-state index in [1.54, 1.807) is 18.0 Å². The van der Waals surface area contributed by atoms with Crippen LogP contribution in [0.2, 0.25) is 0 Å². The highest BCUT2D eigenvalue weighted by Gasteiger charge is 2.40. The quantitative estimate of drug-likeness (QED) is 0.872. The van der Waals surface area contributed by atoms with E-state index in [2.05, 4.69) is 15.0 Å². The largest absolute Gasteiger partial charge is 0.408 e. The van der Waals surface area contributed by atoms with Crippen molar-refractivity contribution < 1.29 is 18.3 Å². The Balaban J connectivity index is 2.47. The molecule has 140 valence electrons. The number of rotatable bonds is 5. The van der Waals surface area contributed by atoms with Crippen molar-refractivity contribution in [2.24, 2.45) is 0 Å². The van der Waals surface area contributed by atoms with Crippen LogP contribution in [-0.2, 0) is 0 Å². The molecule has 0 saturated heterocycles. The monoisotopic (exact) mass is 359 g/mol. The maximum absolute atomic E-state index is 13.0. The Morgan fingerprint density at radius 1 is 1.24 bits per heavy atom. The van der Waals surface area contributed by atoms with Crippen LogP contribution < -0.4 is 9.80 Å². The Labute approximate surface area is 145 Å². The lowest BCUT2D eigenvalue weighted by Crippen LogP contribution is -2.42. The van der Waals surface area contributed by atoms with Gasteiger partial charge in [0, 0.05) is 20.6 Å². The predicted octanol–water partition coefficient (Wildman–Crippen LogP) is 2.64. The molecule has 9 heteroatoms. The highest BCUT2D eigenvalue weighted by molar-refractivity contribution is 5.63. The Morgan fingerprint density at radius 2 is 1.88 bits per heavy atom. The first kappa shape index (κ1) is 19.4. The molecule has 2 rings (SSSR count). The van der Waals surface area contributed by atoms with Gasteiger partial charge in [-0.1, -0.05) is 0 Å². The summed E-state index contributed by atoms with van der Waals surface area (Å²) in [5.41, 5.74) is 0.737. The third-order valence-corrected chi connectivity index (χ3v) is 4.42. The second kappa shape index (κ2) is 7.55. The van der Waals surface area contributed by atoms with E-state index >= 15 is 0 Å². The molecule has 0 bridgehead atoms. The van der Waals surface area contributed by atoms with Gasteiger partial charge >= 0.3 is 6.18 Å². The van der Waals surface area contributed by atoms with Gasteiger partial charge in [0.15, 0.2) is 5.82 Å². The first-order chi connectivity index (χ1) is 11.6. The summed E-state index contributed by atoms with van der Waals surface area (Å²) in [6, 6.07) is -1.73. The van der Waals surface area contributed by atoms with E-state index in [0.717, 1.165) is 23.8 Å². The van der Waals surface area contributed by atoms with Crippen molar-refractivity contribution in [3.8, 4) is 0 Å². The third kappa shape index (κ3) is 4.59. The number of hydrogen-bond acceptors (Lipinski definition) is 6. The lowest BCUT2D eigenvalue weighted by Gasteiger charge is -2.28. The average molecular weight is 359 g/mol. The molecular formula is C16H24F3N5O. The highest BCUT2D eigenvalue weighted by atomic mass is 19.4. The van der Waals surface area contributed by atoms with Crippen molar-refractivity contribution >= 4 is 17.5 Å². The molecule has 1 aromatic rings. The molecule has 6 nitrogen and oxygen atoms in total. The molecule has 0 saturated carbocycles. The van der Waals surface area contributed by atoms with Gasteiger partial charge in [-0.2, -0.15) is 28.1 Å². The molecule has 1 aliphatic rings. The van der Waals surface area contributed by atoms with Crippen LogP contribution in [0.1, 0.15) is 38.9 Å². The molecule has 0 amide bonds. The van der Waals surface area contributed by atoms with Gasteiger partial charge < -0.3 is 14.9 Å². The number of aliphatic hydroxyl groups excluding tert-OH is 1. The number of aliphatic hydroxyl groups is 1. The molecule has 0 radical (unpaired) electrons. The molecule has 0 fully saturated rings. The Bertz CT molecular complexity index is 635. The molecule has 1 heterocycles. The number of hydrogen-bond donors (Lipinski definition) is 1. The minimum absolute atomic E-state index is 0.0360. The van der Waals surface area contributed by atoms with Gasteiger partial charge in [-0.3, -0.25) is 0 Å². The second-order valence-electron chi connectivity index (χ2n) is 6.25. The minimum atomic E-state index is -4.39. The van der Waals surface area contributed by atoms with Crippen LogP contribution in [-0.4, -0.2) is 59.0 Å². The van der Waals surface area contributed by atoms with Crippen molar-refractivity contribution in [2.75, 3.05) is 30.4 Å². The SMILES string of the molecule is CCN(C)c1nc(C2=C[C@H](O)CCC2)nc(N(C)[C@H](C)C(F)(F)F)n1. The lowest BCUT2D eigenvalue weighted by molar-refractivity contribution is -0.144. The zero-order chi connectivity index (χ0) is 18.8. The predicted molar refractivity (Wildman–Crippen MR) is 90.5 cm³/mol. The first-order valence-corrected chi connectivity index (χ1v) is 8.29. The molecule has 0 unspecified atom stereocenters. The topological polar surface area (TPSA) is 65.4 Å². The van der Waals surface area contributed by atoms with Crippen molar-refractivity contribution in [1.29, 1.82) is 0 Å². The van der Waals surface area contributed by atoms with E-state index in [1.165, 1.54) is 7.05 Å². The van der Waals surface area contributed by atoms with Crippen LogP contribution in [0.3, 0.4) is 0 Å². The Kier molecular flexibility index (Phi) is 5.87. The number of alkyl halides is 3. The average Bonchev–Trinajstić information content (AvgIpc) is 2.58. The summed E-state index contributed by atoms with van der Waals surface area (Å²) in [7, 11) is 3.08. The van der Waals surface area contributed by atoms with Gasteiger partial charge in [0.2, 0.25) is 11.9 Å². The molecular weight excluding hydrogens is 335 g/mol. The van der Waals surface area contributed by atoms with E-state index < -0.39 is 18.3 Å². The van der Waals surface area contributed by atoms with Gasteiger partial charge in [-0.25, -0.2) is 0 Å². The molecule has 2 atom stereocenters. The van der Waals surface area contributed by atoms with E-state index in [4.69, 9.17) is 0 Å². The normalized spacial score (nSPS) is 19.4. The zero-order valence-electron chi connectivity index (χ0n) is 14.9. The van der Waals surface area contributed by atoms with Crippen LogP contribution in [0.15, 0.2) is 6.08 Å².